The van der Waals surface area contributed by atoms with Crippen molar-refractivity contribution in [3.63, 3.8) is 0 Å². The average Bonchev–Trinajstić information content (AvgIpc) is 2.76. The molecule has 0 amide bonds. The molecule has 3 rings (SSSR count). The van der Waals surface area contributed by atoms with Crippen molar-refractivity contribution in [3.05, 3.63) is 29.3 Å². The van der Waals surface area contributed by atoms with Crippen LogP contribution < -0.4 is 15.5 Å². The third-order valence-electron chi connectivity index (χ3n) is 6.09. The molecular formula is C22H35F3N6. The number of piperidine rings is 1. The smallest absolute Gasteiger partial charge is 0.369 e. The second-order valence-corrected chi connectivity index (χ2v) is 8.39. The highest BCUT2D eigenvalue weighted by Gasteiger charge is 2.31. The molecule has 2 fully saturated rings. The minimum atomic E-state index is -4.36. The monoisotopic (exact) mass is 440 g/mol. The maximum absolute atomic E-state index is 13.3. The van der Waals surface area contributed by atoms with Gasteiger partial charge in [0.1, 0.15) is 0 Å². The van der Waals surface area contributed by atoms with Gasteiger partial charge in [-0.1, -0.05) is 6.42 Å². The maximum atomic E-state index is 13.3. The first kappa shape index (κ1) is 23.7. The zero-order chi connectivity index (χ0) is 22.3. The quantitative estimate of drug-likeness (QED) is 0.526. The molecule has 0 spiro atoms. The zero-order valence-electron chi connectivity index (χ0n) is 18.6. The van der Waals surface area contributed by atoms with Gasteiger partial charge in [-0.3, -0.25) is 4.99 Å². The lowest BCUT2D eigenvalue weighted by Crippen LogP contribution is -2.45. The summed E-state index contributed by atoms with van der Waals surface area (Å²) in [5.41, 5.74) is 0.881. The number of likely N-dealkylation sites (N-methyl/N-ethyl adjacent to an activating group) is 1. The number of halogens is 3. The SMILES string of the molecule is CN=C(NCCN1CCCCC1)NCc1cc(C(F)(F)F)ccc1N1CCN(C)CC1. The number of hydrogen-bond donors (Lipinski definition) is 2. The van der Waals surface area contributed by atoms with E-state index in [0.717, 1.165) is 58.0 Å². The van der Waals surface area contributed by atoms with Gasteiger partial charge in [0.15, 0.2) is 5.96 Å². The minimum Gasteiger partial charge on any atom is -0.369 e. The molecule has 2 aliphatic heterocycles. The van der Waals surface area contributed by atoms with Gasteiger partial charge in [0.25, 0.3) is 0 Å². The number of piperazine rings is 1. The molecule has 6 nitrogen and oxygen atoms in total. The summed E-state index contributed by atoms with van der Waals surface area (Å²) in [5, 5.41) is 6.50. The molecule has 2 heterocycles. The molecular weight excluding hydrogens is 405 g/mol. The average molecular weight is 441 g/mol. The molecule has 2 aliphatic rings. The first-order chi connectivity index (χ1) is 14.9. The number of hydrogen-bond acceptors (Lipinski definition) is 4. The summed E-state index contributed by atoms with van der Waals surface area (Å²) in [6.07, 6.45) is -0.557. The minimum absolute atomic E-state index is 0.287. The van der Waals surface area contributed by atoms with Crippen molar-refractivity contribution >= 4 is 11.6 Å². The first-order valence-corrected chi connectivity index (χ1v) is 11.2. The normalized spacial score (nSPS) is 19.5. The van der Waals surface area contributed by atoms with Gasteiger partial charge >= 0.3 is 6.18 Å². The molecule has 0 radical (unpaired) electrons. The highest BCUT2D eigenvalue weighted by molar-refractivity contribution is 5.79. The number of anilines is 1. The van der Waals surface area contributed by atoms with Crippen LogP contribution in [0.5, 0.6) is 0 Å². The fourth-order valence-electron chi connectivity index (χ4n) is 4.17. The third-order valence-corrected chi connectivity index (χ3v) is 6.09. The standard InChI is InChI=1S/C22H35F3N6/c1-26-21(27-8-11-30-9-4-3-5-10-30)28-17-18-16-19(22(23,24)25)6-7-20(18)31-14-12-29(2)13-15-31/h6-7,16H,3-5,8-15,17H2,1-2H3,(H2,26,27,28). The van der Waals surface area contributed by atoms with Crippen LogP contribution in [0.1, 0.15) is 30.4 Å². The van der Waals surface area contributed by atoms with E-state index >= 15 is 0 Å². The lowest BCUT2D eigenvalue weighted by molar-refractivity contribution is -0.137. The van der Waals surface area contributed by atoms with E-state index in [1.807, 2.05) is 0 Å². The van der Waals surface area contributed by atoms with Gasteiger partial charge in [-0.25, -0.2) is 0 Å². The van der Waals surface area contributed by atoms with Crippen molar-refractivity contribution in [2.45, 2.75) is 32.0 Å². The Morgan fingerprint density at radius 1 is 1.00 bits per heavy atom. The number of benzene rings is 1. The van der Waals surface area contributed by atoms with Gasteiger partial charge < -0.3 is 25.3 Å². The molecule has 0 aliphatic carbocycles. The summed E-state index contributed by atoms with van der Waals surface area (Å²) in [7, 11) is 3.75. The summed E-state index contributed by atoms with van der Waals surface area (Å²) in [6.45, 7) is 7.65. The molecule has 0 saturated carbocycles. The molecule has 0 atom stereocenters. The topological polar surface area (TPSA) is 46.1 Å². The summed E-state index contributed by atoms with van der Waals surface area (Å²) in [6, 6.07) is 4.06. The van der Waals surface area contributed by atoms with Crippen LogP contribution in [0, 0.1) is 0 Å². The van der Waals surface area contributed by atoms with Crippen LogP contribution in [0.3, 0.4) is 0 Å². The second kappa shape index (κ2) is 11.0. The van der Waals surface area contributed by atoms with E-state index < -0.39 is 11.7 Å². The largest absolute Gasteiger partial charge is 0.416 e. The Labute approximate surface area is 183 Å². The van der Waals surface area contributed by atoms with Crippen LogP contribution >= 0.6 is 0 Å². The van der Waals surface area contributed by atoms with E-state index in [4.69, 9.17) is 0 Å². The van der Waals surface area contributed by atoms with Gasteiger partial charge in [0, 0.05) is 58.5 Å². The highest BCUT2D eigenvalue weighted by Crippen LogP contribution is 2.33. The van der Waals surface area contributed by atoms with E-state index in [-0.39, 0.29) is 6.54 Å². The lowest BCUT2D eigenvalue weighted by atomic mass is 10.1. The fraction of sp³-hybridized carbons (Fsp3) is 0.682. The number of nitrogens with one attached hydrogen (secondary N) is 2. The number of rotatable bonds is 6. The molecule has 1 aromatic carbocycles. The number of alkyl halides is 3. The summed E-state index contributed by atoms with van der Waals surface area (Å²) >= 11 is 0. The Kier molecular flexibility index (Phi) is 8.43. The van der Waals surface area contributed by atoms with Crippen molar-refractivity contribution in [1.29, 1.82) is 0 Å². The van der Waals surface area contributed by atoms with E-state index in [1.165, 1.54) is 31.4 Å². The third kappa shape index (κ3) is 7.00. The lowest BCUT2D eigenvalue weighted by Gasteiger charge is -2.35. The van der Waals surface area contributed by atoms with Crippen LogP contribution in [0.4, 0.5) is 18.9 Å². The van der Waals surface area contributed by atoms with E-state index in [9.17, 15) is 13.2 Å². The predicted molar refractivity (Wildman–Crippen MR) is 120 cm³/mol. The molecule has 9 heteroatoms. The summed E-state index contributed by atoms with van der Waals surface area (Å²) in [4.78, 5) is 11.1. The Balaban J connectivity index is 1.63. The molecule has 0 unspecified atom stereocenters. The van der Waals surface area contributed by atoms with E-state index in [0.29, 0.717) is 11.5 Å². The van der Waals surface area contributed by atoms with Crippen LogP contribution in [0.2, 0.25) is 0 Å². The molecule has 0 aromatic heterocycles. The Hall–Kier alpha value is -2.00. The first-order valence-electron chi connectivity index (χ1n) is 11.2. The van der Waals surface area contributed by atoms with E-state index in [1.54, 1.807) is 13.1 Å². The van der Waals surface area contributed by atoms with Crippen molar-refractivity contribution in [3.8, 4) is 0 Å². The van der Waals surface area contributed by atoms with Crippen molar-refractivity contribution in [1.82, 2.24) is 20.4 Å². The van der Waals surface area contributed by atoms with Crippen molar-refractivity contribution < 1.29 is 13.2 Å². The second-order valence-electron chi connectivity index (χ2n) is 8.39. The van der Waals surface area contributed by atoms with Crippen LogP contribution in [0.25, 0.3) is 0 Å². The molecule has 174 valence electrons. The Morgan fingerprint density at radius 2 is 1.71 bits per heavy atom. The molecule has 2 N–H and O–H groups in total. The fourth-order valence-corrected chi connectivity index (χ4v) is 4.17. The van der Waals surface area contributed by atoms with E-state index in [2.05, 4.69) is 37.4 Å². The van der Waals surface area contributed by atoms with Gasteiger partial charge in [0.05, 0.1) is 5.56 Å². The Morgan fingerprint density at radius 3 is 2.35 bits per heavy atom. The highest BCUT2D eigenvalue weighted by atomic mass is 19.4. The zero-order valence-corrected chi connectivity index (χ0v) is 18.6. The van der Waals surface area contributed by atoms with Crippen LogP contribution in [0.15, 0.2) is 23.2 Å². The Bertz CT molecular complexity index is 722. The molecule has 0 bridgehead atoms. The number of aliphatic imine (C=N–C) groups is 1. The number of guanidine groups is 1. The van der Waals surface area contributed by atoms with Crippen molar-refractivity contribution in [2.75, 3.05) is 71.4 Å². The number of likely N-dealkylation sites (tertiary alicyclic amines) is 1. The molecule has 1 aromatic rings. The van der Waals surface area contributed by atoms with Crippen molar-refractivity contribution in [2.24, 2.45) is 4.99 Å². The van der Waals surface area contributed by atoms with Gasteiger partial charge in [-0.05, 0) is 56.7 Å². The van der Waals surface area contributed by atoms with Gasteiger partial charge in [-0.2, -0.15) is 13.2 Å². The summed E-state index contributed by atoms with van der Waals surface area (Å²) in [5.74, 6) is 0.610. The van der Waals surface area contributed by atoms with Gasteiger partial charge in [-0.15, -0.1) is 0 Å². The molecule has 31 heavy (non-hydrogen) atoms. The maximum Gasteiger partial charge on any atom is 0.416 e. The predicted octanol–water partition coefficient (Wildman–Crippen LogP) is 2.61. The van der Waals surface area contributed by atoms with Crippen LogP contribution in [-0.2, 0) is 12.7 Å². The summed E-state index contributed by atoms with van der Waals surface area (Å²) < 4.78 is 40.0. The van der Waals surface area contributed by atoms with Crippen LogP contribution in [-0.4, -0.2) is 82.2 Å². The van der Waals surface area contributed by atoms with Gasteiger partial charge in [0.2, 0.25) is 0 Å². The number of nitrogens with zero attached hydrogens (tertiary/aromatic N) is 4. The molecule has 2 saturated heterocycles.